The van der Waals surface area contributed by atoms with E-state index < -0.39 is 0 Å². The van der Waals surface area contributed by atoms with Gasteiger partial charge >= 0.3 is 0 Å². The van der Waals surface area contributed by atoms with Crippen molar-refractivity contribution in [2.75, 3.05) is 7.05 Å². The van der Waals surface area contributed by atoms with E-state index >= 15 is 0 Å². The fraction of sp³-hybridized carbons (Fsp3) is 0.565. The predicted molar refractivity (Wildman–Crippen MR) is 112 cm³/mol. The lowest BCUT2D eigenvalue weighted by Gasteiger charge is -2.59. The highest BCUT2D eigenvalue weighted by Crippen LogP contribution is 2.57. The lowest BCUT2D eigenvalue weighted by Crippen LogP contribution is -2.60. The first-order valence-corrected chi connectivity index (χ1v) is 11.0. The van der Waals surface area contributed by atoms with Gasteiger partial charge in [0.2, 0.25) is 0 Å². The summed E-state index contributed by atoms with van der Waals surface area (Å²) < 4.78 is 7.45. The molecule has 1 heterocycles. The molecule has 4 bridgehead atoms. The smallest absolute Gasteiger partial charge is 0.274 e. The van der Waals surface area contributed by atoms with Crippen molar-refractivity contribution >= 4 is 17.5 Å². The molecule has 29 heavy (non-hydrogen) atoms. The number of carbonyl (C=O) groups excluding carboxylic acids is 1. The molecule has 0 saturated heterocycles. The van der Waals surface area contributed by atoms with Crippen LogP contribution in [0.1, 0.15) is 54.6 Å². The van der Waals surface area contributed by atoms with Crippen LogP contribution < -0.4 is 4.74 Å². The zero-order valence-electron chi connectivity index (χ0n) is 17.1. The van der Waals surface area contributed by atoms with Crippen molar-refractivity contribution in [3.63, 3.8) is 0 Å². The molecule has 1 aromatic carbocycles. The van der Waals surface area contributed by atoms with Gasteiger partial charge in [0.25, 0.3) is 5.91 Å². The first-order valence-electron chi connectivity index (χ1n) is 10.6. The lowest BCUT2D eigenvalue weighted by molar-refractivity contribution is -0.0667. The summed E-state index contributed by atoms with van der Waals surface area (Å²) in [6, 6.07) is 7.46. The Hall–Kier alpha value is -2.01. The Morgan fingerprint density at radius 1 is 1.21 bits per heavy atom. The van der Waals surface area contributed by atoms with E-state index in [1.807, 2.05) is 37.1 Å². The number of aromatic nitrogens is 2. The van der Waals surface area contributed by atoms with Crippen LogP contribution in [0.5, 0.6) is 5.75 Å². The van der Waals surface area contributed by atoms with Gasteiger partial charge in [-0.15, -0.1) is 0 Å². The maximum absolute atomic E-state index is 13.2. The zero-order chi connectivity index (χ0) is 20.2. The van der Waals surface area contributed by atoms with Gasteiger partial charge in [0.15, 0.2) is 12.4 Å². The molecule has 4 fully saturated rings. The van der Waals surface area contributed by atoms with Gasteiger partial charge in [0, 0.05) is 18.8 Å². The molecule has 0 radical (unpaired) electrons. The quantitative estimate of drug-likeness (QED) is 0.698. The number of aryl methyl sites for hydroxylation is 1. The Balaban J connectivity index is 1.28. The minimum absolute atomic E-state index is 0.0271. The summed E-state index contributed by atoms with van der Waals surface area (Å²) in [5.41, 5.74) is 1.61. The van der Waals surface area contributed by atoms with Gasteiger partial charge in [-0.2, -0.15) is 5.10 Å². The molecule has 0 aliphatic heterocycles. The van der Waals surface area contributed by atoms with E-state index in [0.29, 0.717) is 16.5 Å². The first-order chi connectivity index (χ1) is 13.9. The molecular formula is C23H28ClN3O2. The van der Waals surface area contributed by atoms with Crippen LogP contribution in [0.3, 0.4) is 0 Å². The van der Waals surface area contributed by atoms with Crippen LogP contribution >= 0.6 is 11.6 Å². The average Bonchev–Trinajstić information content (AvgIpc) is 3.15. The Labute approximate surface area is 177 Å². The molecule has 5 nitrogen and oxygen atoms in total. The van der Waals surface area contributed by atoms with Crippen molar-refractivity contribution in [3.8, 4) is 5.75 Å². The van der Waals surface area contributed by atoms with Crippen LogP contribution in [0.25, 0.3) is 0 Å². The van der Waals surface area contributed by atoms with E-state index in [4.69, 9.17) is 16.3 Å². The van der Waals surface area contributed by atoms with E-state index in [2.05, 4.69) is 5.10 Å². The van der Waals surface area contributed by atoms with Crippen LogP contribution in [-0.2, 0) is 6.73 Å². The molecule has 0 spiro atoms. The van der Waals surface area contributed by atoms with Crippen molar-refractivity contribution in [3.05, 3.63) is 46.7 Å². The van der Waals surface area contributed by atoms with E-state index in [9.17, 15) is 4.79 Å². The van der Waals surface area contributed by atoms with Gasteiger partial charge in [-0.1, -0.05) is 17.7 Å². The summed E-state index contributed by atoms with van der Waals surface area (Å²) in [4.78, 5) is 15.3. The van der Waals surface area contributed by atoms with Crippen LogP contribution in [0.2, 0.25) is 5.02 Å². The van der Waals surface area contributed by atoms with Crippen molar-refractivity contribution in [2.24, 2.45) is 17.8 Å². The maximum atomic E-state index is 13.2. The normalized spacial score (nSPS) is 29.8. The molecular weight excluding hydrogens is 386 g/mol. The van der Waals surface area contributed by atoms with E-state index in [-0.39, 0.29) is 18.2 Å². The summed E-state index contributed by atoms with van der Waals surface area (Å²) in [6.45, 7) is 2.21. The van der Waals surface area contributed by atoms with Crippen LogP contribution in [-0.4, -0.2) is 33.2 Å². The second-order valence-electron chi connectivity index (χ2n) is 9.45. The lowest BCUT2D eigenvalue weighted by atomic mass is 9.52. The number of benzene rings is 1. The highest BCUT2D eigenvalue weighted by atomic mass is 35.5. The molecule has 154 valence electrons. The first kappa shape index (κ1) is 19.0. The maximum Gasteiger partial charge on any atom is 0.274 e. The molecule has 2 aromatic rings. The Kier molecular flexibility index (Phi) is 4.61. The predicted octanol–water partition coefficient (Wildman–Crippen LogP) is 4.92. The van der Waals surface area contributed by atoms with Gasteiger partial charge in [-0.05, 0) is 87.0 Å². The molecule has 0 N–H and O–H groups in total. The average molecular weight is 414 g/mol. The highest BCUT2D eigenvalue weighted by Gasteiger charge is 2.53. The van der Waals surface area contributed by atoms with Crippen molar-refractivity contribution in [1.82, 2.24) is 14.7 Å². The summed E-state index contributed by atoms with van der Waals surface area (Å²) in [7, 11) is 1.98. The largest absolute Gasteiger partial charge is 0.470 e. The number of carbonyl (C=O) groups is 1. The Morgan fingerprint density at radius 3 is 2.52 bits per heavy atom. The molecule has 0 unspecified atom stereocenters. The third-order valence-corrected chi connectivity index (χ3v) is 7.63. The number of amides is 1. The van der Waals surface area contributed by atoms with Crippen LogP contribution in [0.15, 0.2) is 30.5 Å². The number of hydrogen-bond donors (Lipinski definition) is 0. The second kappa shape index (κ2) is 7.05. The number of hydrogen-bond acceptors (Lipinski definition) is 3. The topological polar surface area (TPSA) is 47.4 Å². The van der Waals surface area contributed by atoms with Crippen molar-refractivity contribution in [2.45, 2.75) is 57.7 Å². The van der Waals surface area contributed by atoms with Gasteiger partial charge in [0.1, 0.15) is 5.75 Å². The van der Waals surface area contributed by atoms with Gasteiger partial charge in [-0.25, -0.2) is 4.68 Å². The van der Waals surface area contributed by atoms with Crippen molar-refractivity contribution < 1.29 is 9.53 Å². The molecule has 6 rings (SSSR count). The molecule has 4 aliphatic carbocycles. The van der Waals surface area contributed by atoms with Crippen LogP contribution in [0.4, 0.5) is 0 Å². The standard InChI is InChI=1S/C23H28ClN3O2/c1-15-3-4-19(24)21(7-15)29-14-27-6-5-20(25-27)22(28)26(2)23-11-16-8-17(12-23)10-18(9-16)13-23/h3-7,16-18H,8-14H2,1-2H3. The van der Waals surface area contributed by atoms with Gasteiger partial charge < -0.3 is 9.64 Å². The second-order valence-corrected chi connectivity index (χ2v) is 9.86. The molecule has 4 aliphatic rings. The number of rotatable bonds is 5. The molecule has 1 aromatic heterocycles. The van der Waals surface area contributed by atoms with E-state index in [1.54, 1.807) is 16.9 Å². The summed E-state index contributed by atoms with van der Waals surface area (Å²) >= 11 is 6.19. The summed E-state index contributed by atoms with van der Waals surface area (Å²) in [5, 5.41) is 5.05. The third kappa shape index (κ3) is 3.43. The number of ether oxygens (including phenoxy) is 1. The molecule has 6 heteroatoms. The molecule has 1 amide bonds. The third-order valence-electron chi connectivity index (χ3n) is 7.32. The van der Waals surface area contributed by atoms with Crippen LogP contribution in [0, 0.1) is 24.7 Å². The summed E-state index contributed by atoms with van der Waals surface area (Å²) in [6.07, 6.45) is 9.40. The fourth-order valence-electron chi connectivity index (χ4n) is 6.27. The van der Waals surface area contributed by atoms with Gasteiger partial charge in [0.05, 0.1) is 5.02 Å². The summed E-state index contributed by atoms with van der Waals surface area (Å²) in [5.74, 6) is 3.07. The SMILES string of the molecule is Cc1ccc(Cl)c(OCn2ccc(C(=O)N(C)C34CC5CC(CC(C5)C3)C4)n2)c1. The van der Waals surface area contributed by atoms with E-state index in [1.165, 1.54) is 19.3 Å². The Morgan fingerprint density at radius 2 is 1.86 bits per heavy atom. The minimum Gasteiger partial charge on any atom is -0.470 e. The van der Waals surface area contributed by atoms with Gasteiger partial charge in [-0.3, -0.25) is 4.79 Å². The molecule has 4 saturated carbocycles. The van der Waals surface area contributed by atoms with E-state index in [0.717, 1.165) is 42.6 Å². The Bertz CT molecular complexity index is 903. The van der Waals surface area contributed by atoms with Crippen molar-refractivity contribution in [1.29, 1.82) is 0 Å². The number of halogens is 1. The monoisotopic (exact) mass is 413 g/mol. The zero-order valence-corrected chi connectivity index (χ0v) is 17.9. The minimum atomic E-state index is 0.0271. The fourth-order valence-corrected chi connectivity index (χ4v) is 6.44. The molecule has 0 atom stereocenters. The highest BCUT2D eigenvalue weighted by molar-refractivity contribution is 6.32. The number of nitrogens with zero attached hydrogens (tertiary/aromatic N) is 3.